The molecular formula is C83H162O17P2. The summed E-state index contributed by atoms with van der Waals surface area (Å²) in [4.78, 5) is 73.2. The van der Waals surface area contributed by atoms with Gasteiger partial charge in [0.05, 0.1) is 26.4 Å². The van der Waals surface area contributed by atoms with Crippen molar-refractivity contribution in [2.75, 3.05) is 39.6 Å². The van der Waals surface area contributed by atoms with Gasteiger partial charge < -0.3 is 33.8 Å². The molecule has 0 bridgehead atoms. The first-order valence-corrected chi connectivity index (χ1v) is 46.3. The highest BCUT2D eigenvalue weighted by Gasteiger charge is 2.30. The molecule has 17 nitrogen and oxygen atoms in total. The Morgan fingerprint density at radius 1 is 0.235 bits per heavy atom. The van der Waals surface area contributed by atoms with Crippen molar-refractivity contribution >= 4 is 39.5 Å². The molecule has 0 saturated carbocycles. The molecule has 0 spiro atoms. The number of carbonyl (C=O) groups excluding carboxylic acids is 4. The fourth-order valence-corrected chi connectivity index (χ4v) is 14.6. The highest BCUT2D eigenvalue weighted by molar-refractivity contribution is 7.47. The van der Waals surface area contributed by atoms with Crippen LogP contribution in [0.2, 0.25) is 0 Å². The van der Waals surface area contributed by atoms with Gasteiger partial charge in [-0.25, -0.2) is 9.13 Å². The van der Waals surface area contributed by atoms with Crippen LogP contribution < -0.4 is 0 Å². The molecule has 0 aromatic carbocycles. The number of esters is 4. The zero-order valence-corrected chi connectivity index (χ0v) is 68.4. The van der Waals surface area contributed by atoms with E-state index in [0.29, 0.717) is 25.7 Å². The van der Waals surface area contributed by atoms with Crippen LogP contribution in [-0.4, -0.2) is 96.7 Å². The molecule has 0 aliphatic carbocycles. The van der Waals surface area contributed by atoms with Crippen LogP contribution >= 0.6 is 15.6 Å². The first-order valence-electron chi connectivity index (χ1n) is 43.3. The molecule has 0 aliphatic heterocycles. The quantitative estimate of drug-likeness (QED) is 0.0222. The van der Waals surface area contributed by atoms with E-state index in [0.717, 1.165) is 89.9 Å². The number of hydrogen-bond donors (Lipinski definition) is 3. The predicted octanol–water partition coefficient (Wildman–Crippen LogP) is 25.4. The van der Waals surface area contributed by atoms with Crippen LogP contribution in [0.15, 0.2) is 0 Å². The molecule has 0 saturated heterocycles. The van der Waals surface area contributed by atoms with E-state index in [4.69, 9.17) is 37.0 Å². The maximum Gasteiger partial charge on any atom is 0.472 e. The molecule has 0 aromatic rings. The highest BCUT2D eigenvalue weighted by Crippen LogP contribution is 2.45. The predicted molar refractivity (Wildman–Crippen MR) is 419 cm³/mol. The molecule has 0 fully saturated rings. The van der Waals surface area contributed by atoms with Crippen LogP contribution in [0.1, 0.15) is 451 Å². The molecule has 102 heavy (non-hydrogen) atoms. The summed E-state index contributed by atoms with van der Waals surface area (Å²) in [6.45, 7) is 5.05. The summed E-state index contributed by atoms with van der Waals surface area (Å²) in [5.41, 5.74) is 0. The van der Waals surface area contributed by atoms with Crippen LogP contribution in [0.5, 0.6) is 0 Å². The third-order valence-electron chi connectivity index (χ3n) is 19.6. The van der Waals surface area contributed by atoms with Gasteiger partial charge in [-0.3, -0.25) is 37.3 Å². The summed E-state index contributed by atoms with van der Waals surface area (Å²) in [6, 6.07) is 0. The van der Waals surface area contributed by atoms with Crippen molar-refractivity contribution in [3.8, 4) is 0 Å². The lowest BCUT2D eigenvalue weighted by atomic mass is 10.0. The third kappa shape index (κ3) is 76.3. The summed E-state index contributed by atoms with van der Waals surface area (Å²) in [6.07, 6.45) is 70.6. The van der Waals surface area contributed by atoms with Gasteiger partial charge in [0.1, 0.15) is 19.3 Å². The molecule has 0 aliphatic rings. The number of unbranched alkanes of at least 4 members (excludes halogenated alkanes) is 58. The first-order chi connectivity index (χ1) is 49.7. The smallest absolute Gasteiger partial charge is 0.462 e. The molecule has 3 unspecified atom stereocenters. The second kappa shape index (κ2) is 77.2. The Morgan fingerprint density at radius 2 is 0.392 bits per heavy atom. The molecule has 0 radical (unpaired) electrons. The first kappa shape index (κ1) is 100. The van der Waals surface area contributed by atoms with Crippen molar-refractivity contribution < 1.29 is 80.2 Å². The van der Waals surface area contributed by atoms with Crippen LogP contribution in [0.3, 0.4) is 0 Å². The van der Waals surface area contributed by atoms with E-state index in [-0.39, 0.29) is 25.7 Å². The molecule has 0 aromatic heterocycles. The zero-order chi connectivity index (χ0) is 74.6. The summed E-state index contributed by atoms with van der Waals surface area (Å²) in [5.74, 6) is -2.10. The van der Waals surface area contributed by atoms with Crippen LogP contribution in [-0.2, 0) is 65.4 Å². The lowest BCUT2D eigenvalue weighted by molar-refractivity contribution is -0.161. The Hall–Kier alpha value is -1.94. The number of phosphoric ester groups is 2. The zero-order valence-electron chi connectivity index (χ0n) is 66.6. The van der Waals surface area contributed by atoms with E-state index in [9.17, 15) is 43.2 Å². The van der Waals surface area contributed by atoms with E-state index in [2.05, 4.69) is 27.7 Å². The SMILES string of the molecule is CCCCCCCCCCCCCCCCCCCCCC(=O)O[C@H](COC(=O)CCCCCCCCCCCCCCCCC)COP(=O)(O)OCC(O)COP(=O)(O)OC[C@@H](COC(=O)CCCCCCCCCCCCCCC)OC(=O)CCCCCCCCCCCCCCCCC. The van der Waals surface area contributed by atoms with E-state index in [1.54, 1.807) is 0 Å². The van der Waals surface area contributed by atoms with Crippen molar-refractivity contribution in [2.45, 2.75) is 470 Å². The summed E-state index contributed by atoms with van der Waals surface area (Å²) in [7, 11) is -9.92. The highest BCUT2D eigenvalue weighted by atomic mass is 31.2. The average molecular weight is 1490 g/mol. The Bertz CT molecular complexity index is 1930. The monoisotopic (exact) mass is 1490 g/mol. The van der Waals surface area contributed by atoms with Crippen molar-refractivity contribution in [3.05, 3.63) is 0 Å². The fourth-order valence-electron chi connectivity index (χ4n) is 13.0. The normalized spacial score (nSPS) is 13.8. The van der Waals surface area contributed by atoms with E-state index in [1.807, 2.05) is 0 Å². The lowest BCUT2D eigenvalue weighted by Crippen LogP contribution is -2.30. The minimum Gasteiger partial charge on any atom is -0.462 e. The number of carbonyl (C=O) groups is 4. The third-order valence-corrected chi connectivity index (χ3v) is 21.5. The number of hydrogen-bond acceptors (Lipinski definition) is 15. The van der Waals surface area contributed by atoms with E-state index >= 15 is 0 Å². The van der Waals surface area contributed by atoms with Crippen molar-refractivity contribution in [1.82, 2.24) is 0 Å². The molecule has 0 rings (SSSR count). The molecule has 3 N–H and O–H groups in total. The lowest BCUT2D eigenvalue weighted by Gasteiger charge is -2.21. The number of phosphoric acid groups is 2. The summed E-state index contributed by atoms with van der Waals surface area (Å²) < 4.78 is 68.8. The second-order valence-corrected chi connectivity index (χ2v) is 32.8. The standard InChI is InChI=1S/C83H162O17P2/c1-5-9-13-17-21-25-29-33-36-37-38-39-42-46-50-54-58-62-66-70-83(88)100-79(74-94-81(86)68-64-60-56-52-48-44-40-34-30-26-22-18-14-10-6-2)76-98-102(91,92)96-72-77(84)71-95-101(89,90)97-75-78(73-93-80(85)67-63-59-55-51-47-43-32-28-24-20-16-12-8-4)99-82(87)69-65-61-57-53-49-45-41-35-31-27-23-19-15-11-7-3/h77-79,84H,5-76H2,1-4H3,(H,89,90)(H,91,92)/t77?,78-,79-/m1/s1. The van der Waals surface area contributed by atoms with Gasteiger partial charge in [0.15, 0.2) is 12.2 Å². The molecular weight excluding hydrogens is 1330 g/mol. The van der Waals surface area contributed by atoms with E-state index in [1.165, 1.54) is 283 Å². The van der Waals surface area contributed by atoms with Gasteiger partial charge in [0.2, 0.25) is 0 Å². The molecule has 0 amide bonds. The van der Waals surface area contributed by atoms with Gasteiger partial charge >= 0.3 is 39.5 Å². The summed E-state index contributed by atoms with van der Waals surface area (Å²) >= 11 is 0. The Morgan fingerprint density at radius 3 is 0.578 bits per heavy atom. The summed E-state index contributed by atoms with van der Waals surface area (Å²) in [5, 5.41) is 10.7. The minimum absolute atomic E-state index is 0.109. The van der Waals surface area contributed by atoms with Gasteiger partial charge in [-0.15, -0.1) is 0 Å². The molecule has 19 heteroatoms. The topological polar surface area (TPSA) is 237 Å². The fraction of sp³-hybridized carbons (Fsp3) is 0.952. The van der Waals surface area contributed by atoms with Crippen molar-refractivity contribution in [3.63, 3.8) is 0 Å². The van der Waals surface area contributed by atoms with E-state index < -0.39 is 97.5 Å². The van der Waals surface area contributed by atoms with Gasteiger partial charge in [-0.05, 0) is 25.7 Å². The van der Waals surface area contributed by atoms with Gasteiger partial charge in [-0.2, -0.15) is 0 Å². The maximum atomic E-state index is 13.1. The van der Waals surface area contributed by atoms with Gasteiger partial charge in [-0.1, -0.05) is 400 Å². The second-order valence-electron chi connectivity index (χ2n) is 29.9. The van der Waals surface area contributed by atoms with Crippen LogP contribution in [0.4, 0.5) is 0 Å². The molecule has 5 atom stereocenters. The maximum absolute atomic E-state index is 13.1. The number of ether oxygens (including phenoxy) is 4. The number of aliphatic hydroxyl groups is 1. The Labute approximate surface area is 626 Å². The average Bonchev–Trinajstić information content (AvgIpc) is 1.21. The molecule has 0 heterocycles. The van der Waals surface area contributed by atoms with Crippen molar-refractivity contribution in [1.29, 1.82) is 0 Å². The van der Waals surface area contributed by atoms with Crippen LogP contribution in [0, 0.1) is 0 Å². The van der Waals surface area contributed by atoms with Crippen molar-refractivity contribution in [2.24, 2.45) is 0 Å². The Kier molecular flexibility index (Phi) is 75.8. The minimum atomic E-state index is -4.96. The number of rotatable bonds is 84. The van der Waals surface area contributed by atoms with Gasteiger partial charge in [0.25, 0.3) is 0 Å². The van der Waals surface area contributed by atoms with Crippen LogP contribution in [0.25, 0.3) is 0 Å². The largest absolute Gasteiger partial charge is 0.472 e. The number of aliphatic hydroxyl groups excluding tert-OH is 1. The van der Waals surface area contributed by atoms with Gasteiger partial charge in [0, 0.05) is 25.7 Å². The Balaban J connectivity index is 5.26. The molecule has 606 valence electrons.